The van der Waals surface area contributed by atoms with Crippen molar-refractivity contribution >= 4 is 5.97 Å². The molecule has 0 aromatic heterocycles. The number of benzene rings is 2. The minimum Gasteiger partial charge on any atom is -0.466 e. The van der Waals surface area contributed by atoms with E-state index in [-0.39, 0.29) is 17.7 Å². The summed E-state index contributed by atoms with van der Waals surface area (Å²) in [5.41, 5.74) is 2.42. The van der Waals surface area contributed by atoms with Crippen LogP contribution in [0.4, 0.5) is 4.39 Å². The molecule has 27 heavy (non-hydrogen) atoms. The molecule has 0 aliphatic heterocycles. The number of ether oxygens (including phenoxy) is 1. The second-order valence-electron chi connectivity index (χ2n) is 7.18. The van der Waals surface area contributed by atoms with Crippen molar-refractivity contribution in [2.24, 2.45) is 0 Å². The number of carbonyl (C=O) groups is 1. The molecule has 0 heterocycles. The monoisotopic (exact) mass is 370 g/mol. The van der Waals surface area contributed by atoms with Crippen molar-refractivity contribution in [3.8, 4) is 11.1 Å². The molecule has 0 aliphatic carbocycles. The van der Waals surface area contributed by atoms with Crippen LogP contribution in [0.2, 0.25) is 0 Å². The molecule has 1 atom stereocenters. The third kappa shape index (κ3) is 7.16. The van der Waals surface area contributed by atoms with Gasteiger partial charge in [-0.3, -0.25) is 4.79 Å². The highest BCUT2D eigenvalue weighted by atomic mass is 19.1. The minimum absolute atomic E-state index is 0.121. The van der Waals surface area contributed by atoms with Gasteiger partial charge in [0.05, 0.1) is 6.61 Å². The van der Waals surface area contributed by atoms with Gasteiger partial charge in [-0.05, 0) is 36.0 Å². The number of rotatable bonds is 11. The van der Waals surface area contributed by atoms with Gasteiger partial charge >= 0.3 is 5.97 Å². The first-order valence-electron chi connectivity index (χ1n) is 10.1. The number of carbonyl (C=O) groups excluding carboxylic acids is 1. The summed E-state index contributed by atoms with van der Waals surface area (Å²) in [7, 11) is 0. The lowest BCUT2D eigenvalue weighted by atomic mass is 9.95. The summed E-state index contributed by atoms with van der Waals surface area (Å²) in [5.74, 6) is -0.194. The van der Waals surface area contributed by atoms with Gasteiger partial charge in [-0.25, -0.2) is 4.39 Å². The van der Waals surface area contributed by atoms with Gasteiger partial charge in [0.25, 0.3) is 0 Å². The van der Waals surface area contributed by atoms with Crippen LogP contribution in [0.3, 0.4) is 0 Å². The van der Waals surface area contributed by atoms with Crippen molar-refractivity contribution < 1.29 is 13.9 Å². The smallest absolute Gasteiger partial charge is 0.305 e. The SMILES string of the molecule is CCCCCCCC(=O)OCCC(C)c1ccc(-c2ccccc2)c(F)c1. The second-order valence-corrected chi connectivity index (χ2v) is 7.18. The molecule has 0 saturated carbocycles. The predicted molar refractivity (Wildman–Crippen MR) is 109 cm³/mol. The van der Waals surface area contributed by atoms with E-state index in [2.05, 4.69) is 6.92 Å². The van der Waals surface area contributed by atoms with E-state index in [0.29, 0.717) is 25.0 Å². The van der Waals surface area contributed by atoms with Crippen LogP contribution in [-0.2, 0) is 9.53 Å². The fourth-order valence-electron chi connectivity index (χ4n) is 3.15. The molecule has 1 unspecified atom stereocenters. The largest absolute Gasteiger partial charge is 0.466 e. The topological polar surface area (TPSA) is 26.3 Å². The Morgan fingerprint density at radius 1 is 1.04 bits per heavy atom. The highest BCUT2D eigenvalue weighted by molar-refractivity contribution is 5.69. The zero-order valence-electron chi connectivity index (χ0n) is 16.5. The van der Waals surface area contributed by atoms with Crippen molar-refractivity contribution in [1.29, 1.82) is 0 Å². The summed E-state index contributed by atoms with van der Waals surface area (Å²) in [5, 5.41) is 0. The lowest BCUT2D eigenvalue weighted by Gasteiger charge is -2.14. The molecule has 0 fully saturated rings. The Kier molecular flexibility index (Phi) is 9.03. The van der Waals surface area contributed by atoms with Crippen LogP contribution in [0.5, 0.6) is 0 Å². The van der Waals surface area contributed by atoms with Crippen LogP contribution in [0.25, 0.3) is 11.1 Å². The molecule has 0 bridgehead atoms. The van der Waals surface area contributed by atoms with Gasteiger partial charge in [-0.15, -0.1) is 0 Å². The Bertz CT molecular complexity index is 697. The van der Waals surface area contributed by atoms with Gasteiger partial charge in [0.2, 0.25) is 0 Å². The molecule has 0 N–H and O–H groups in total. The van der Waals surface area contributed by atoms with Gasteiger partial charge in [0.1, 0.15) is 5.82 Å². The van der Waals surface area contributed by atoms with E-state index >= 15 is 0 Å². The van der Waals surface area contributed by atoms with E-state index in [1.807, 2.05) is 49.4 Å². The molecule has 2 aromatic carbocycles. The summed E-state index contributed by atoms with van der Waals surface area (Å²) in [6.07, 6.45) is 6.81. The lowest BCUT2D eigenvalue weighted by molar-refractivity contribution is -0.143. The number of unbranched alkanes of at least 4 members (excludes halogenated alkanes) is 4. The molecular formula is C24H31FO2. The summed E-state index contributed by atoms with van der Waals surface area (Å²) < 4.78 is 19.8. The Labute approximate surface area is 162 Å². The standard InChI is InChI=1S/C24H31FO2/c1-3-4-5-6-10-13-24(26)27-17-16-19(2)21-14-15-22(23(25)18-21)20-11-8-7-9-12-20/h7-9,11-12,14-15,18-19H,3-6,10,13,16-17H2,1-2H3. The third-order valence-corrected chi connectivity index (χ3v) is 4.95. The van der Waals surface area contributed by atoms with E-state index in [9.17, 15) is 9.18 Å². The predicted octanol–water partition coefficient (Wildman–Crippen LogP) is 6.89. The lowest BCUT2D eigenvalue weighted by Crippen LogP contribution is -2.08. The van der Waals surface area contributed by atoms with Crippen LogP contribution in [-0.4, -0.2) is 12.6 Å². The molecule has 2 aromatic rings. The Hall–Kier alpha value is -2.16. The quantitative estimate of drug-likeness (QED) is 0.318. The van der Waals surface area contributed by atoms with E-state index in [4.69, 9.17) is 4.74 Å². The highest BCUT2D eigenvalue weighted by Gasteiger charge is 2.12. The molecule has 0 aliphatic rings. The van der Waals surface area contributed by atoms with Crippen molar-refractivity contribution in [3.63, 3.8) is 0 Å². The Morgan fingerprint density at radius 3 is 2.48 bits per heavy atom. The number of hydrogen-bond acceptors (Lipinski definition) is 2. The first kappa shape index (κ1) is 21.1. The number of halogens is 1. The molecule has 2 rings (SSSR count). The van der Waals surface area contributed by atoms with E-state index in [1.165, 1.54) is 19.3 Å². The third-order valence-electron chi connectivity index (χ3n) is 4.95. The normalized spacial score (nSPS) is 12.0. The van der Waals surface area contributed by atoms with Crippen molar-refractivity contribution in [1.82, 2.24) is 0 Å². The minimum atomic E-state index is -0.213. The maximum absolute atomic E-state index is 14.5. The summed E-state index contributed by atoms with van der Waals surface area (Å²) in [4.78, 5) is 11.8. The zero-order valence-corrected chi connectivity index (χ0v) is 16.5. The van der Waals surface area contributed by atoms with Crippen LogP contribution in [0.1, 0.15) is 70.3 Å². The van der Waals surface area contributed by atoms with Gasteiger partial charge in [-0.1, -0.05) is 82.0 Å². The molecule has 146 valence electrons. The van der Waals surface area contributed by atoms with Crippen molar-refractivity contribution in [2.75, 3.05) is 6.61 Å². The first-order valence-corrected chi connectivity index (χ1v) is 10.1. The average Bonchev–Trinajstić information content (AvgIpc) is 2.68. The van der Waals surface area contributed by atoms with Crippen LogP contribution < -0.4 is 0 Å². The zero-order chi connectivity index (χ0) is 19.5. The summed E-state index contributed by atoms with van der Waals surface area (Å²) in [6, 6.07) is 14.9. The van der Waals surface area contributed by atoms with Crippen molar-refractivity contribution in [3.05, 3.63) is 59.9 Å². The molecule has 3 heteroatoms. The summed E-state index contributed by atoms with van der Waals surface area (Å²) in [6.45, 7) is 4.60. The van der Waals surface area contributed by atoms with Gasteiger partial charge in [-0.2, -0.15) is 0 Å². The molecule has 0 saturated heterocycles. The van der Waals surface area contributed by atoms with Gasteiger partial charge in [0.15, 0.2) is 0 Å². The van der Waals surface area contributed by atoms with Crippen LogP contribution in [0.15, 0.2) is 48.5 Å². The van der Waals surface area contributed by atoms with Gasteiger partial charge in [0, 0.05) is 12.0 Å². The molecule has 0 radical (unpaired) electrons. The second kappa shape index (κ2) is 11.5. The Morgan fingerprint density at radius 2 is 1.78 bits per heavy atom. The summed E-state index contributed by atoms with van der Waals surface area (Å²) >= 11 is 0. The van der Waals surface area contributed by atoms with Gasteiger partial charge < -0.3 is 4.74 Å². The maximum Gasteiger partial charge on any atom is 0.305 e. The number of esters is 1. The van der Waals surface area contributed by atoms with Crippen molar-refractivity contribution in [2.45, 2.75) is 64.7 Å². The molecule has 0 spiro atoms. The average molecular weight is 371 g/mol. The first-order chi connectivity index (χ1) is 13.1. The van der Waals surface area contributed by atoms with Crippen LogP contribution >= 0.6 is 0 Å². The van der Waals surface area contributed by atoms with Crippen LogP contribution in [0, 0.1) is 5.82 Å². The fraction of sp³-hybridized carbons (Fsp3) is 0.458. The molecular weight excluding hydrogens is 339 g/mol. The maximum atomic E-state index is 14.5. The number of hydrogen-bond donors (Lipinski definition) is 0. The fourth-order valence-corrected chi connectivity index (χ4v) is 3.15. The van der Waals surface area contributed by atoms with E-state index < -0.39 is 0 Å². The van der Waals surface area contributed by atoms with E-state index in [0.717, 1.165) is 24.0 Å². The molecule has 2 nitrogen and oxygen atoms in total. The Balaban J connectivity index is 1.77. The highest BCUT2D eigenvalue weighted by Crippen LogP contribution is 2.27. The van der Waals surface area contributed by atoms with E-state index in [1.54, 1.807) is 6.07 Å². The molecule has 0 amide bonds.